The number of ketones is 1. The number of piperidine rings is 1. The Balaban J connectivity index is 1.34. The molecule has 4 aromatic carbocycles. The molecular formula is C29H31NO3. The van der Waals surface area contributed by atoms with Crippen molar-refractivity contribution in [2.75, 3.05) is 0 Å². The van der Waals surface area contributed by atoms with E-state index in [0.29, 0.717) is 5.56 Å². The quantitative estimate of drug-likeness (QED) is 0.221. The van der Waals surface area contributed by atoms with Crippen molar-refractivity contribution in [1.29, 1.82) is 0 Å². The Kier molecular flexibility index (Phi) is 5.17. The number of nitrogens with one attached hydrogen (secondary N) is 1. The number of benzene rings is 4. The summed E-state index contributed by atoms with van der Waals surface area (Å²) in [5, 5.41) is 10.3. The van der Waals surface area contributed by atoms with E-state index in [0.717, 1.165) is 29.0 Å². The summed E-state index contributed by atoms with van der Waals surface area (Å²) in [5.74, 6) is -0.310. The van der Waals surface area contributed by atoms with E-state index in [-0.39, 0.29) is 41.8 Å². The van der Waals surface area contributed by atoms with E-state index in [9.17, 15) is 9.59 Å². The topological polar surface area (TPSA) is 55.4 Å². The molecule has 0 aliphatic carbocycles. The van der Waals surface area contributed by atoms with Gasteiger partial charge in [-0.25, -0.2) is 0 Å². The van der Waals surface area contributed by atoms with Crippen LogP contribution in [0.25, 0.3) is 32.3 Å². The van der Waals surface area contributed by atoms with E-state index in [4.69, 9.17) is 4.74 Å². The van der Waals surface area contributed by atoms with Crippen LogP contribution in [0.15, 0.2) is 54.6 Å². The molecule has 0 bridgehead atoms. The van der Waals surface area contributed by atoms with E-state index in [1.807, 2.05) is 18.2 Å². The molecule has 0 saturated carbocycles. The average Bonchev–Trinajstić information content (AvgIpc) is 2.73. The molecule has 1 fully saturated rings. The fourth-order valence-corrected chi connectivity index (χ4v) is 5.89. The van der Waals surface area contributed by atoms with Gasteiger partial charge in [0.1, 0.15) is 6.10 Å². The van der Waals surface area contributed by atoms with Crippen molar-refractivity contribution >= 4 is 44.1 Å². The van der Waals surface area contributed by atoms with Crippen LogP contribution >= 0.6 is 0 Å². The zero-order valence-electron chi connectivity index (χ0n) is 19.8. The van der Waals surface area contributed by atoms with Crippen molar-refractivity contribution in [1.82, 2.24) is 5.32 Å². The minimum absolute atomic E-state index is 0.0177. The van der Waals surface area contributed by atoms with Gasteiger partial charge < -0.3 is 10.1 Å². The molecule has 170 valence electrons. The summed E-state index contributed by atoms with van der Waals surface area (Å²) < 4.78 is 5.80. The first-order valence-electron chi connectivity index (χ1n) is 11.8. The van der Waals surface area contributed by atoms with Crippen LogP contribution in [0.2, 0.25) is 0 Å². The number of rotatable bonds is 5. The lowest BCUT2D eigenvalue weighted by Crippen LogP contribution is -2.59. The molecule has 33 heavy (non-hydrogen) atoms. The molecule has 4 heteroatoms. The third kappa shape index (κ3) is 4.20. The lowest BCUT2D eigenvalue weighted by atomic mass is 9.81. The first-order valence-corrected chi connectivity index (χ1v) is 11.8. The highest BCUT2D eigenvalue weighted by Gasteiger charge is 2.39. The van der Waals surface area contributed by atoms with Crippen LogP contribution < -0.4 is 5.32 Å². The minimum Gasteiger partial charge on any atom is -0.462 e. The van der Waals surface area contributed by atoms with Gasteiger partial charge in [0, 0.05) is 35.9 Å². The second-order valence-corrected chi connectivity index (χ2v) is 10.8. The molecule has 0 spiro atoms. The molecule has 1 heterocycles. The summed E-state index contributed by atoms with van der Waals surface area (Å²) in [7, 11) is 0. The summed E-state index contributed by atoms with van der Waals surface area (Å²) in [6.07, 6.45) is 1.66. The Bertz CT molecular complexity index is 1340. The highest BCUT2D eigenvalue weighted by Crippen LogP contribution is 2.36. The SMILES string of the molecule is CC1(C)CC(OC(=O)CCC(=O)c2ccc3ccc4cccc5ccc2c3c45)CC(C)(C)N1. The van der Waals surface area contributed by atoms with Gasteiger partial charge in [0.2, 0.25) is 0 Å². The second-order valence-electron chi connectivity index (χ2n) is 10.8. The number of ether oxygens (including phenoxy) is 1. The molecular weight excluding hydrogens is 410 g/mol. The van der Waals surface area contributed by atoms with Gasteiger partial charge in [-0.2, -0.15) is 0 Å². The molecule has 0 aromatic heterocycles. The first kappa shape index (κ1) is 21.8. The van der Waals surface area contributed by atoms with Crippen LogP contribution in [-0.2, 0) is 9.53 Å². The Morgan fingerprint density at radius 2 is 1.39 bits per heavy atom. The molecule has 4 aromatic rings. The number of carbonyl (C=O) groups excluding carboxylic acids is 2. The zero-order valence-corrected chi connectivity index (χ0v) is 19.8. The standard InChI is InChI=1S/C29H31NO3/c1-28(2)16-21(17-29(3,4)30-28)33-25(32)15-14-24(31)22-12-10-20-9-8-18-6-5-7-19-11-13-23(22)27(20)26(18)19/h5-13,21,30H,14-17H2,1-4H3. The van der Waals surface area contributed by atoms with Crippen LogP contribution in [0.3, 0.4) is 0 Å². The Morgan fingerprint density at radius 1 is 0.818 bits per heavy atom. The summed E-state index contributed by atoms with van der Waals surface area (Å²) in [4.78, 5) is 25.8. The lowest BCUT2D eigenvalue weighted by Gasteiger charge is -2.45. The molecule has 0 radical (unpaired) electrons. The van der Waals surface area contributed by atoms with Crippen molar-refractivity contribution in [3.05, 3.63) is 60.2 Å². The normalized spacial score (nSPS) is 18.2. The monoisotopic (exact) mass is 441 g/mol. The predicted octanol–water partition coefficient (Wildman–Crippen LogP) is 6.40. The number of hydrogen-bond acceptors (Lipinski definition) is 4. The van der Waals surface area contributed by atoms with Gasteiger partial charge in [0.15, 0.2) is 5.78 Å². The summed E-state index contributed by atoms with van der Waals surface area (Å²) in [6.45, 7) is 8.52. The van der Waals surface area contributed by atoms with Gasteiger partial charge in [0.05, 0.1) is 6.42 Å². The van der Waals surface area contributed by atoms with Crippen LogP contribution in [0.1, 0.15) is 63.7 Å². The van der Waals surface area contributed by atoms with E-state index in [1.165, 1.54) is 16.2 Å². The molecule has 5 rings (SSSR count). The average molecular weight is 442 g/mol. The highest BCUT2D eigenvalue weighted by atomic mass is 16.5. The van der Waals surface area contributed by atoms with Crippen LogP contribution in [0.5, 0.6) is 0 Å². The largest absolute Gasteiger partial charge is 0.462 e. The Labute approximate surface area is 194 Å². The van der Waals surface area contributed by atoms with Gasteiger partial charge in [-0.15, -0.1) is 0 Å². The van der Waals surface area contributed by atoms with Crippen LogP contribution in [0.4, 0.5) is 0 Å². The Hall–Kier alpha value is -2.98. The van der Waals surface area contributed by atoms with Gasteiger partial charge in [-0.3, -0.25) is 9.59 Å². The molecule has 4 nitrogen and oxygen atoms in total. The molecule has 0 amide bonds. The fourth-order valence-electron chi connectivity index (χ4n) is 5.89. The maximum absolute atomic E-state index is 13.2. The van der Waals surface area contributed by atoms with Crippen molar-refractivity contribution < 1.29 is 14.3 Å². The van der Waals surface area contributed by atoms with Gasteiger partial charge in [-0.05, 0) is 60.0 Å². The van der Waals surface area contributed by atoms with Crippen molar-refractivity contribution in [2.45, 2.75) is 70.6 Å². The molecule has 0 unspecified atom stereocenters. The third-order valence-electron chi connectivity index (χ3n) is 6.84. The van der Waals surface area contributed by atoms with Gasteiger partial charge >= 0.3 is 5.97 Å². The summed E-state index contributed by atoms with van der Waals surface area (Å²) in [6, 6.07) is 18.5. The van der Waals surface area contributed by atoms with E-state index < -0.39 is 0 Å². The smallest absolute Gasteiger partial charge is 0.306 e. The zero-order chi connectivity index (χ0) is 23.4. The molecule has 1 saturated heterocycles. The number of Topliss-reactive ketones (excluding diaryl/α,β-unsaturated/α-hetero) is 1. The fraction of sp³-hybridized carbons (Fsp3) is 0.379. The molecule has 1 N–H and O–H groups in total. The van der Waals surface area contributed by atoms with Crippen molar-refractivity contribution in [3.63, 3.8) is 0 Å². The van der Waals surface area contributed by atoms with Crippen molar-refractivity contribution in [2.24, 2.45) is 0 Å². The maximum Gasteiger partial charge on any atom is 0.306 e. The Morgan fingerprint density at radius 3 is 2.06 bits per heavy atom. The third-order valence-corrected chi connectivity index (χ3v) is 6.84. The van der Waals surface area contributed by atoms with Crippen LogP contribution in [-0.4, -0.2) is 28.9 Å². The lowest BCUT2D eigenvalue weighted by molar-refractivity contribution is -0.153. The van der Waals surface area contributed by atoms with E-state index >= 15 is 0 Å². The predicted molar refractivity (Wildman–Crippen MR) is 134 cm³/mol. The van der Waals surface area contributed by atoms with E-state index in [2.05, 4.69) is 69.4 Å². The van der Waals surface area contributed by atoms with Gasteiger partial charge in [0.25, 0.3) is 0 Å². The number of esters is 1. The number of carbonyl (C=O) groups is 2. The van der Waals surface area contributed by atoms with E-state index in [1.54, 1.807) is 0 Å². The van der Waals surface area contributed by atoms with Gasteiger partial charge in [-0.1, -0.05) is 54.6 Å². The van der Waals surface area contributed by atoms with Crippen LogP contribution in [0, 0.1) is 0 Å². The number of hydrogen-bond donors (Lipinski definition) is 1. The highest BCUT2D eigenvalue weighted by molar-refractivity contribution is 6.26. The first-order chi connectivity index (χ1) is 15.6. The minimum atomic E-state index is -0.292. The molecule has 0 atom stereocenters. The second kappa shape index (κ2) is 7.81. The summed E-state index contributed by atoms with van der Waals surface area (Å²) >= 11 is 0. The van der Waals surface area contributed by atoms with Crippen molar-refractivity contribution in [3.8, 4) is 0 Å². The maximum atomic E-state index is 13.2. The summed E-state index contributed by atoms with van der Waals surface area (Å²) in [5.41, 5.74) is 0.492. The molecule has 1 aliphatic heterocycles. The molecule has 1 aliphatic rings.